The van der Waals surface area contributed by atoms with Gasteiger partial charge in [-0.3, -0.25) is 4.68 Å². The highest BCUT2D eigenvalue weighted by molar-refractivity contribution is 5.38. The molecule has 0 spiro atoms. The van der Waals surface area contributed by atoms with Gasteiger partial charge in [0.15, 0.2) is 5.75 Å². The predicted molar refractivity (Wildman–Crippen MR) is 76.0 cm³/mol. The minimum absolute atomic E-state index is 0.569. The molecule has 0 saturated heterocycles. The number of hydrogen-bond acceptors (Lipinski definition) is 4. The van der Waals surface area contributed by atoms with Crippen molar-refractivity contribution in [2.75, 3.05) is 13.7 Å². The Bertz CT molecular complexity index is 566. The summed E-state index contributed by atoms with van der Waals surface area (Å²) in [5.41, 5.74) is 1.38. The molecule has 1 unspecified atom stereocenters. The second-order valence-electron chi connectivity index (χ2n) is 4.55. The van der Waals surface area contributed by atoms with E-state index in [2.05, 4.69) is 12.0 Å². The van der Waals surface area contributed by atoms with Gasteiger partial charge < -0.3 is 14.6 Å². The maximum atomic E-state index is 10.5. The van der Waals surface area contributed by atoms with E-state index >= 15 is 0 Å². The van der Waals surface area contributed by atoms with Gasteiger partial charge >= 0.3 is 0 Å². The number of rotatable bonds is 6. The average molecular weight is 276 g/mol. The lowest BCUT2D eigenvalue weighted by atomic mass is 10.1. The Kier molecular flexibility index (Phi) is 4.63. The Morgan fingerprint density at radius 1 is 1.40 bits per heavy atom. The van der Waals surface area contributed by atoms with Gasteiger partial charge in [0, 0.05) is 7.05 Å². The number of benzene rings is 1. The van der Waals surface area contributed by atoms with Crippen LogP contribution in [0.2, 0.25) is 0 Å². The van der Waals surface area contributed by atoms with Crippen LogP contribution in [0, 0.1) is 0 Å². The molecule has 0 saturated carbocycles. The summed E-state index contributed by atoms with van der Waals surface area (Å²) in [5, 5.41) is 14.6. The molecule has 0 aliphatic carbocycles. The zero-order chi connectivity index (χ0) is 14.5. The van der Waals surface area contributed by atoms with Crippen molar-refractivity contribution in [3.8, 4) is 11.5 Å². The molecule has 1 atom stereocenters. The van der Waals surface area contributed by atoms with Crippen LogP contribution in [0.5, 0.6) is 11.5 Å². The largest absolute Gasteiger partial charge is 0.494 e. The normalized spacial score (nSPS) is 12.2. The summed E-state index contributed by atoms with van der Waals surface area (Å²) in [6, 6.07) is 7.45. The van der Waals surface area contributed by atoms with E-state index in [0.717, 1.165) is 17.7 Å². The first kappa shape index (κ1) is 14.4. The predicted octanol–water partition coefficient (Wildman–Crippen LogP) is 2.30. The van der Waals surface area contributed by atoms with Crippen molar-refractivity contribution in [1.29, 1.82) is 0 Å². The Morgan fingerprint density at radius 3 is 2.90 bits per heavy atom. The number of methoxy groups -OCH3 is 1. The molecule has 20 heavy (non-hydrogen) atoms. The molecule has 0 amide bonds. The number of aliphatic hydroxyl groups is 1. The van der Waals surface area contributed by atoms with Gasteiger partial charge in [0.2, 0.25) is 0 Å². The first-order chi connectivity index (χ1) is 9.67. The van der Waals surface area contributed by atoms with Crippen LogP contribution >= 0.6 is 0 Å². The molecule has 108 valence electrons. The van der Waals surface area contributed by atoms with E-state index < -0.39 is 6.10 Å². The smallest absolute Gasteiger partial charge is 0.162 e. The van der Waals surface area contributed by atoms with E-state index in [-0.39, 0.29) is 0 Å². The van der Waals surface area contributed by atoms with Crippen LogP contribution in [0.15, 0.2) is 30.5 Å². The molecule has 0 fully saturated rings. The third-order valence-electron chi connectivity index (χ3n) is 3.07. The summed E-state index contributed by atoms with van der Waals surface area (Å²) in [7, 11) is 3.34. The highest BCUT2D eigenvalue weighted by atomic mass is 16.5. The van der Waals surface area contributed by atoms with Crippen molar-refractivity contribution in [3.05, 3.63) is 41.7 Å². The Morgan fingerprint density at radius 2 is 2.20 bits per heavy atom. The van der Waals surface area contributed by atoms with E-state index in [1.54, 1.807) is 25.0 Å². The summed E-state index contributed by atoms with van der Waals surface area (Å²) in [4.78, 5) is 0. The molecule has 1 aromatic heterocycles. The van der Waals surface area contributed by atoms with Crippen molar-refractivity contribution in [3.63, 3.8) is 0 Å². The minimum atomic E-state index is -0.803. The van der Waals surface area contributed by atoms with Crippen molar-refractivity contribution in [2.45, 2.75) is 19.4 Å². The summed E-state index contributed by atoms with van der Waals surface area (Å²) in [6.45, 7) is 2.72. The zero-order valence-corrected chi connectivity index (χ0v) is 12.0. The van der Waals surface area contributed by atoms with Crippen LogP contribution in [-0.2, 0) is 7.05 Å². The van der Waals surface area contributed by atoms with Crippen LogP contribution in [0.4, 0.5) is 0 Å². The summed E-state index contributed by atoms with van der Waals surface area (Å²) in [5.74, 6) is 1.32. The monoisotopic (exact) mass is 276 g/mol. The summed E-state index contributed by atoms with van der Waals surface area (Å²) >= 11 is 0. The average Bonchev–Trinajstić information content (AvgIpc) is 2.85. The van der Waals surface area contributed by atoms with Crippen LogP contribution < -0.4 is 9.47 Å². The van der Waals surface area contributed by atoms with Crippen LogP contribution in [0.1, 0.15) is 30.7 Å². The first-order valence-corrected chi connectivity index (χ1v) is 6.64. The molecule has 1 heterocycles. The van der Waals surface area contributed by atoms with E-state index in [0.29, 0.717) is 18.1 Å². The second kappa shape index (κ2) is 6.43. The topological polar surface area (TPSA) is 56.5 Å². The number of aryl methyl sites for hydroxylation is 1. The SMILES string of the molecule is CCCOc1cccc(C(O)c2c(OC)cnn2C)c1. The highest BCUT2D eigenvalue weighted by Gasteiger charge is 2.20. The van der Waals surface area contributed by atoms with Crippen LogP contribution in [0.25, 0.3) is 0 Å². The van der Waals surface area contributed by atoms with Gasteiger partial charge in [0.25, 0.3) is 0 Å². The molecule has 1 N–H and O–H groups in total. The first-order valence-electron chi connectivity index (χ1n) is 6.64. The highest BCUT2D eigenvalue weighted by Crippen LogP contribution is 2.30. The van der Waals surface area contributed by atoms with Crippen molar-refractivity contribution in [2.24, 2.45) is 7.05 Å². The van der Waals surface area contributed by atoms with Gasteiger partial charge in [-0.2, -0.15) is 5.10 Å². The van der Waals surface area contributed by atoms with Gasteiger partial charge in [-0.05, 0) is 24.1 Å². The molecule has 1 aromatic carbocycles. The fraction of sp³-hybridized carbons (Fsp3) is 0.400. The fourth-order valence-corrected chi connectivity index (χ4v) is 2.05. The third-order valence-corrected chi connectivity index (χ3v) is 3.07. The molecule has 2 aromatic rings. The lowest BCUT2D eigenvalue weighted by Gasteiger charge is -2.14. The van der Waals surface area contributed by atoms with Gasteiger partial charge in [-0.25, -0.2) is 0 Å². The Labute approximate surface area is 118 Å². The summed E-state index contributed by atoms with van der Waals surface area (Å²) in [6.07, 6.45) is 1.74. The van der Waals surface area contributed by atoms with Crippen molar-refractivity contribution < 1.29 is 14.6 Å². The summed E-state index contributed by atoms with van der Waals surface area (Å²) < 4.78 is 12.4. The number of hydrogen-bond donors (Lipinski definition) is 1. The molecule has 5 heteroatoms. The standard InChI is InChI=1S/C15H20N2O3/c1-4-8-20-12-7-5-6-11(9-12)15(18)14-13(19-3)10-16-17(14)2/h5-7,9-10,15,18H,4,8H2,1-3H3. The van der Waals surface area contributed by atoms with E-state index in [4.69, 9.17) is 9.47 Å². The van der Waals surface area contributed by atoms with Crippen molar-refractivity contribution in [1.82, 2.24) is 9.78 Å². The van der Waals surface area contributed by atoms with Crippen molar-refractivity contribution >= 4 is 0 Å². The van der Waals surface area contributed by atoms with E-state index in [1.165, 1.54) is 0 Å². The number of ether oxygens (including phenoxy) is 2. The van der Waals surface area contributed by atoms with Gasteiger partial charge in [-0.1, -0.05) is 19.1 Å². The maximum absolute atomic E-state index is 10.5. The van der Waals surface area contributed by atoms with Gasteiger partial charge in [0.05, 0.1) is 19.9 Å². The minimum Gasteiger partial charge on any atom is -0.494 e. The molecule has 0 aliphatic heterocycles. The molecule has 0 radical (unpaired) electrons. The molecular formula is C15H20N2O3. The maximum Gasteiger partial charge on any atom is 0.162 e. The second-order valence-corrected chi connectivity index (χ2v) is 4.55. The van der Waals surface area contributed by atoms with Gasteiger partial charge in [0.1, 0.15) is 17.5 Å². The Hall–Kier alpha value is -2.01. The van der Waals surface area contributed by atoms with E-state index in [9.17, 15) is 5.11 Å². The van der Waals surface area contributed by atoms with Gasteiger partial charge in [-0.15, -0.1) is 0 Å². The molecule has 0 bridgehead atoms. The molecule has 5 nitrogen and oxygen atoms in total. The van der Waals surface area contributed by atoms with Crippen LogP contribution in [0.3, 0.4) is 0 Å². The Balaban J connectivity index is 2.28. The quantitative estimate of drug-likeness (QED) is 0.879. The molecule has 0 aliphatic rings. The molecular weight excluding hydrogens is 256 g/mol. The lowest BCUT2D eigenvalue weighted by Crippen LogP contribution is -2.08. The number of aromatic nitrogens is 2. The van der Waals surface area contributed by atoms with E-state index in [1.807, 2.05) is 24.3 Å². The number of aliphatic hydroxyl groups excluding tert-OH is 1. The third kappa shape index (κ3) is 2.93. The zero-order valence-electron chi connectivity index (χ0n) is 12.0. The lowest BCUT2D eigenvalue weighted by molar-refractivity contribution is 0.203. The number of nitrogens with zero attached hydrogens (tertiary/aromatic N) is 2. The van der Waals surface area contributed by atoms with Crippen LogP contribution in [-0.4, -0.2) is 28.6 Å². The molecule has 2 rings (SSSR count). The fourth-order valence-electron chi connectivity index (χ4n) is 2.05.